The predicted octanol–water partition coefficient (Wildman–Crippen LogP) is 1.00. The van der Waals surface area contributed by atoms with Crippen molar-refractivity contribution in [3.05, 3.63) is 65.7 Å². The maximum atomic E-state index is 12.6. The van der Waals surface area contributed by atoms with Gasteiger partial charge in [-0.15, -0.1) is 0 Å². The van der Waals surface area contributed by atoms with Crippen LogP contribution in [0.15, 0.2) is 54.6 Å². The van der Waals surface area contributed by atoms with Gasteiger partial charge in [-0.3, -0.25) is 19.3 Å². The van der Waals surface area contributed by atoms with Crippen molar-refractivity contribution in [3.63, 3.8) is 0 Å². The molecule has 2 aromatic carbocycles. The molecule has 0 spiro atoms. The highest BCUT2D eigenvalue weighted by molar-refractivity contribution is 6.40. The fourth-order valence-electron chi connectivity index (χ4n) is 3.08. The van der Waals surface area contributed by atoms with Gasteiger partial charge < -0.3 is 20.7 Å². The molecule has 3 rings (SSSR count). The molecule has 0 unspecified atom stereocenters. The highest BCUT2D eigenvalue weighted by Crippen LogP contribution is 2.15. The molecule has 1 aliphatic heterocycles. The van der Waals surface area contributed by atoms with Crippen LogP contribution in [0.5, 0.6) is 0 Å². The van der Waals surface area contributed by atoms with Crippen LogP contribution in [-0.4, -0.2) is 62.0 Å². The van der Waals surface area contributed by atoms with Crippen LogP contribution in [0.3, 0.4) is 0 Å². The molecule has 1 heterocycles. The summed E-state index contributed by atoms with van der Waals surface area (Å²) in [6.45, 7) is 4.37. The number of morpholine rings is 1. The topological polar surface area (TPSA) is 99.8 Å². The lowest BCUT2D eigenvalue weighted by atomic mass is 10.1. The molecule has 8 nitrogen and oxygen atoms in total. The number of amides is 3. The van der Waals surface area contributed by atoms with Crippen LogP contribution in [0.1, 0.15) is 15.9 Å². The summed E-state index contributed by atoms with van der Waals surface area (Å²) in [6, 6.07) is 16.1. The van der Waals surface area contributed by atoms with Gasteiger partial charge in [0.05, 0.1) is 24.5 Å². The molecular weight excluding hydrogens is 384 g/mol. The van der Waals surface area contributed by atoms with Crippen molar-refractivity contribution in [2.24, 2.45) is 0 Å². The molecule has 30 heavy (non-hydrogen) atoms. The second-order valence-electron chi connectivity index (χ2n) is 6.88. The molecule has 0 atom stereocenters. The fraction of sp³-hybridized carbons (Fsp3) is 0.318. The molecule has 0 aromatic heterocycles. The zero-order valence-electron chi connectivity index (χ0n) is 16.7. The van der Waals surface area contributed by atoms with Crippen LogP contribution in [0.2, 0.25) is 0 Å². The number of nitrogens with one attached hydrogen (secondary N) is 3. The maximum absolute atomic E-state index is 12.6. The molecule has 3 amide bonds. The Balaban J connectivity index is 1.50. The molecule has 1 saturated heterocycles. The smallest absolute Gasteiger partial charge is 0.313 e. The van der Waals surface area contributed by atoms with E-state index in [-0.39, 0.29) is 11.6 Å². The third-order valence-corrected chi connectivity index (χ3v) is 4.74. The van der Waals surface area contributed by atoms with Crippen molar-refractivity contribution in [1.29, 1.82) is 0 Å². The van der Waals surface area contributed by atoms with Crippen LogP contribution in [0.4, 0.5) is 5.69 Å². The van der Waals surface area contributed by atoms with E-state index in [4.69, 9.17) is 4.74 Å². The van der Waals surface area contributed by atoms with Crippen molar-refractivity contribution in [2.45, 2.75) is 6.54 Å². The van der Waals surface area contributed by atoms with Gasteiger partial charge in [0.25, 0.3) is 5.91 Å². The minimum absolute atomic E-state index is 0.288. The third-order valence-electron chi connectivity index (χ3n) is 4.74. The van der Waals surface area contributed by atoms with Crippen LogP contribution >= 0.6 is 0 Å². The van der Waals surface area contributed by atoms with Gasteiger partial charge in [0.2, 0.25) is 0 Å². The quantitative estimate of drug-likeness (QED) is 0.592. The molecular formula is C22H26N4O4. The SMILES string of the molecule is O=C(NCCN1CCOCC1)C(=O)Nc1ccccc1C(=O)NCc1ccccc1. The first-order valence-corrected chi connectivity index (χ1v) is 9.94. The van der Waals surface area contributed by atoms with Crippen LogP contribution in [-0.2, 0) is 20.9 Å². The minimum Gasteiger partial charge on any atom is -0.379 e. The Morgan fingerprint density at radius 2 is 1.57 bits per heavy atom. The zero-order chi connectivity index (χ0) is 21.2. The monoisotopic (exact) mass is 410 g/mol. The van der Waals surface area contributed by atoms with E-state index in [1.54, 1.807) is 24.3 Å². The van der Waals surface area contributed by atoms with E-state index in [9.17, 15) is 14.4 Å². The second-order valence-corrected chi connectivity index (χ2v) is 6.88. The molecule has 158 valence electrons. The van der Waals surface area contributed by atoms with E-state index < -0.39 is 11.8 Å². The molecule has 1 fully saturated rings. The van der Waals surface area contributed by atoms with E-state index in [0.717, 1.165) is 18.7 Å². The average Bonchev–Trinajstić information content (AvgIpc) is 2.79. The Morgan fingerprint density at radius 1 is 0.867 bits per heavy atom. The summed E-state index contributed by atoms with van der Waals surface area (Å²) in [5.41, 5.74) is 1.55. The minimum atomic E-state index is -0.805. The van der Waals surface area contributed by atoms with E-state index in [2.05, 4.69) is 20.9 Å². The predicted molar refractivity (Wildman–Crippen MR) is 113 cm³/mol. The number of anilines is 1. The third kappa shape index (κ3) is 6.40. The first-order chi connectivity index (χ1) is 14.6. The number of benzene rings is 2. The van der Waals surface area contributed by atoms with Gasteiger partial charge in [-0.1, -0.05) is 42.5 Å². The number of carbonyl (C=O) groups excluding carboxylic acids is 3. The highest BCUT2D eigenvalue weighted by atomic mass is 16.5. The average molecular weight is 410 g/mol. The summed E-state index contributed by atoms with van der Waals surface area (Å²) in [4.78, 5) is 39.1. The number of nitrogens with zero attached hydrogens (tertiary/aromatic N) is 1. The van der Waals surface area contributed by atoms with E-state index >= 15 is 0 Å². The number of hydrogen-bond acceptors (Lipinski definition) is 5. The van der Waals surface area contributed by atoms with Crippen LogP contribution in [0, 0.1) is 0 Å². The lowest BCUT2D eigenvalue weighted by Crippen LogP contribution is -2.43. The van der Waals surface area contributed by atoms with E-state index in [0.29, 0.717) is 38.4 Å². The molecule has 0 saturated carbocycles. The molecule has 0 bridgehead atoms. The van der Waals surface area contributed by atoms with Gasteiger partial charge in [-0.2, -0.15) is 0 Å². The van der Waals surface area contributed by atoms with Crippen molar-refractivity contribution < 1.29 is 19.1 Å². The number of ether oxygens (including phenoxy) is 1. The fourth-order valence-corrected chi connectivity index (χ4v) is 3.08. The maximum Gasteiger partial charge on any atom is 0.313 e. The van der Waals surface area contributed by atoms with Gasteiger partial charge in [-0.05, 0) is 17.7 Å². The normalized spacial score (nSPS) is 14.0. The Morgan fingerprint density at radius 3 is 2.33 bits per heavy atom. The summed E-state index contributed by atoms with van der Waals surface area (Å²) in [5.74, 6) is -1.87. The van der Waals surface area contributed by atoms with Gasteiger partial charge in [0.1, 0.15) is 0 Å². The van der Waals surface area contributed by atoms with Crippen LogP contribution in [0.25, 0.3) is 0 Å². The summed E-state index contributed by atoms with van der Waals surface area (Å²) >= 11 is 0. The number of carbonyl (C=O) groups is 3. The van der Waals surface area contributed by atoms with Crippen molar-refractivity contribution in [1.82, 2.24) is 15.5 Å². The summed E-state index contributed by atoms with van der Waals surface area (Å²) in [5, 5.41) is 7.97. The van der Waals surface area contributed by atoms with E-state index in [1.807, 2.05) is 30.3 Å². The Labute approximate surface area is 175 Å². The zero-order valence-corrected chi connectivity index (χ0v) is 16.7. The first kappa shape index (κ1) is 21.5. The number of hydrogen-bond donors (Lipinski definition) is 3. The molecule has 0 aliphatic carbocycles. The summed E-state index contributed by atoms with van der Waals surface area (Å²) < 4.78 is 5.28. The Bertz CT molecular complexity index is 866. The molecule has 2 aromatic rings. The summed E-state index contributed by atoms with van der Waals surface area (Å²) in [6.07, 6.45) is 0. The lowest BCUT2D eigenvalue weighted by molar-refractivity contribution is -0.136. The van der Waals surface area contributed by atoms with Crippen molar-refractivity contribution in [3.8, 4) is 0 Å². The van der Waals surface area contributed by atoms with Gasteiger partial charge in [-0.25, -0.2) is 0 Å². The second kappa shape index (κ2) is 11.1. The van der Waals surface area contributed by atoms with Gasteiger partial charge >= 0.3 is 11.8 Å². The van der Waals surface area contributed by atoms with Crippen molar-refractivity contribution >= 4 is 23.4 Å². The molecule has 0 radical (unpaired) electrons. The Kier molecular flexibility index (Phi) is 7.94. The van der Waals surface area contributed by atoms with Gasteiger partial charge in [0.15, 0.2) is 0 Å². The van der Waals surface area contributed by atoms with Crippen LogP contribution < -0.4 is 16.0 Å². The van der Waals surface area contributed by atoms with Gasteiger partial charge in [0, 0.05) is 32.7 Å². The summed E-state index contributed by atoms with van der Waals surface area (Å²) in [7, 11) is 0. The molecule has 8 heteroatoms. The number of para-hydroxylation sites is 1. The Hall–Kier alpha value is -3.23. The number of rotatable bonds is 7. The first-order valence-electron chi connectivity index (χ1n) is 9.94. The van der Waals surface area contributed by atoms with Crippen molar-refractivity contribution in [2.75, 3.05) is 44.7 Å². The molecule has 3 N–H and O–H groups in total. The standard InChI is InChI=1S/C22H26N4O4/c27-20(24-16-17-6-2-1-3-7-17)18-8-4-5-9-19(18)25-22(29)21(28)23-10-11-26-12-14-30-15-13-26/h1-9H,10-16H2,(H,23,28)(H,24,27)(H,25,29). The molecule has 1 aliphatic rings. The largest absolute Gasteiger partial charge is 0.379 e. The lowest BCUT2D eigenvalue weighted by Gasteiger charge is -2.26. The van der Waals surface area contributed by atoms with E-state index in [1.165, 1.54) is 0 Å². The highest BCUT2D eigenvalue weighted by Gasteiger charge is 2.18.